The van der Waals surface area contributed by atoms with Gasteiger partial charge in [-0.25, -0.2) is 0 Å². The highest BCUT2D eigenvalue weighted by molar-refractivity contribution is 6.31. The van der Waals surface area contributed by atoms with Gasteiger partial charge in [0.15, 0.2) is 0 Å². The molecule has 0 atom stereocenters. The van der Waals surface area contributed by atoms with Crippen molar-refractivity contribution in [1.29, 1.82) is 0 Å². The fourth-order valence-corrected chi connectivity index (χ4v) is 2.41. The number of nitrogens with one attached hydrogen (secondary N) is 1. The second-order valence-electron chi connectivity index (χ2n) is 5.60. The van der Waals surface area contributed by atoms with Crippen LogP contribution in [-0.4, -0.2) is 24.9 Å². The van der Waals surface area contributed by atoms with Crippen molar-refractivity contribution in [3.8, 4) is 0 Å². The van der Waals surface area contributed by atoms with Crippen LogP contribution < -0.4 is 5.32 Å². The second kappa shape index (κ2) is 7.97. The van der Waals surface area contributed by atoms with Gasteiger partial charge in [0.2, 0.25) is 5.91 Å². The van der Waals surface area contributed by atoms with E-state index in [9.17, 15) is 4.79 Å². The first-order chi connectivity index (χ1) is 10.5. The SMILES string of the molecule is CN(C)Cc1ccc(CNC(=O)Cc2ccccc2Cl)cc1. The molecule has 0 bridgehead atoms. The average Bonchev–Trinajstić information content (AvgIpc) is 2.48. The number of carbonyl (C=O) groups is 1. The van der Waals surface area contributed by atoms with Crippen LogP contribution >= 0.6 is 11.6 Å². The summed E-state index contributed by atoms with van der Waals surface area (Å²) in [5, 5.41) is 3.56. The van der Waals surface area contributed by atoms with E-state index in [1.807, 2.05) is 32.3 Å². The maximum Gasteiger partial charge on any atom is 0.224 e. The van der Waals surface area contributed by atoms with Crippen LogP contribution in [0.4, 0.5) is 0 Å². The number of hydrogen-bond donors (Lipinski definition) is 1. The molecule has 4 heteroatoms. The lowest BCUT2D eigenvalue weighted by Crippen LogP contribution is -2.24. The molecule has 0 aliphatic rings. The summed E-state index contributed by atoms with van der Waals surface area (Å²) in [5.74, 6) is -0.0227. The molecule has 0 heterocycles. The minimum atomic E-state index is -0.0227. The summed E-state index contributed by atoms with van der Waals surface area (Å²) in [6, 6.07) is 15.7. The molecule has 2 aromatic carbocycles. The minimum Gasteiger partial charge on any atom is -0.352 e. The van der Waals surface area contributed by atoms with Crippen LogP contribution in [0.5, 0.6) is 0 Å². The fraction of sp³-hybridized carbons (Fsp3) is 0.278. The van der Waals surface area contributed by atoms with Gasteiger partial charge in [-0.3, -0.25) is 4.79 Å². The van der Waals surface area contributed by atoms with Gasteiger partial charge in [0, 0.05) is 18.1 Å². The van der Waals surface area contributed by atoms with Crippen LogP contribution in [0.15, 0.2) is 48.5 Å². The molecule has 2 rings (SSSR count). The normalized spacial score (nSPS) is 10.7. The zero-order valence-corrected chi connectivity index (χ0v) is 13.7. The first-order valence-corrected chi connectivity index (χ1v) is 7.65. The maximum absolute atomic E-state index is 12.0. The monoisotopic (exact) mass is 316 g/mol. The molecule has 0 spiro atoms. The molecule has 0 radical (unpaired) electrons. The molecule has 0 aromatic heterocycles. The first-order valence-electron chi connectivity index (χ1n) is 7.27. The Balaban J connectivity index is 1.85. The summed E-state index contributed by atoms with van der Waals surface area (Å²) < 4.78 is 0. The van der Waals surface area contributed by atoms with E-state index < -0.39 is 0 Å². The van der Waals surface area contributed by atoms with E-state index in [0.29, 0.717) is 18.0 Å². The Morgan fingerprint density at radius 3 is 2.32 bits per heavy atom. The number of hydrogen-bond acceptors (Lipinski definition) is 2. The first kappa shape index (κ1) is 16.5. The Morgan fingerprint density at radius 2 is 1.68 bits per heavy atom. The molecule has 0 fully saturated rings. The molecule has 0 aliphatic heterocycles. The lowest BCUT2D eigenvalue weighted by molar-refractivity contribution is -0.120. The van der Waals surface area contributed by atoms with Crippen LogP contribution in [0.3, 0.4) is 0 Å². The zero-order chi connectivity index (χ0) is 15.9. The molecule has 0 saturated heterocycles. The summed E-state index contributed by atoms with van der Waals surface area (Å²) in [6.07, 6.45) is 0.304. The van der Waals surface area contributed by atoms with E-state index >= 15 is 0 Å². The Kier molecular flexibility index (Phi) is 5.99. The number of amides is 1. The fourth-order valence-electron chi connectivity index (χ4n) is 2.21. The number of benzene rings is 2. The van der Waals surface area contributed by atoms with Crippen molar-refractivity contribution in [2.75, 3.05) is 14.1 Å². The standard InChI is InChI=1S/C18H21ClN2O/c1-21(2)13-15-9-7-14(8-10-15)12-20-18(22)11-16-5-3-4-6-17(16)19/h3-10H,11-13H2,1-2H3,(H,20,22). The third kappa shape index (κ3) is 5.17. The number of rotatable bonds is 6. The van der Waals surface area contributed by atoms with E-state index in [2.05, 4.69) is 34.5 Å². The van der Waals surface area contributed by atoms with Gasteiger partial charge in [0.25, 0.3) is 0 Å². The molecule has 1 N–H and O–H groups in total. The highest BCUT2D eigenvalue weighted by Crippen LogP contribution is 2.15. The molecule has 2 aromatic rings. The summed E-state index contributed by atoms with van der Waals surface area (Å²) in [4.78, 5) is 14.1. The van der Waals surface area contributed by atoms with Gasteiger partial charge in [-0.2, -0.15) is 0 Å². The third-order valence-corrected chi connectivity index (χ3v) is 3.69. The highest BCUT2D eigenvalue weighted by Gasteiger charge is 2.06. The van der Waals surface area contributed by atoms with E-state index in [-0.39, 0.29) is 5.91 Å². The van der Waals surface area contributed by atoms with Crippen LogP contribution in [0.2, 0.25) is 5.02 Å². The third-order valence-electron chi connectivity index (χ3n) is 3.32. The molecule has 0 unspecified atom stereocenters. The number of carbonyl (C=O) groups excluding carboxylic acids is 1. The molecular weight excluding hydrogens is 296 g/mol. The average molecular weight is 317 g/mol. The molecule has 22 heavy (non-hydrogen) atoms. The lowest BCUT2D eigenvalue weighted by atomic mass is 10.1. The van der Waals surface area contributed by atoms with Crippen molar-refractivity contribution in [2.45, 2.75) is 19.5 Å². The lowest BCUT2D eigenvalue weighted by Gasteiger charge is -2.10. The molecule has 1 amide bonds. The van der Waals surface area contributed by atoms with E-state index in [1.54, 1.807) is 6.07 Å². The quantitative estimate of drug-likeness (QED) is 0.887. The summed E-state index contributed by atoms with van der Waals surface area (Å²) in [7, 11) is 4.09. The van der Waals surface area contributed by atoms with Gasteiger partial charge in [0.05, 0.1) is 6.42 Å². The van der Waals surface area contributed by atoms with Gasteiger partial charge in [-0.15, -0.1) is 0 Å². The molecule has 116 valence electrons. The smallest absolute Gasteiger partial charge is 0.224 e. The van der Waals surface area contributed by atoms with Crippen LogP contribution in [0.1, 0.15) is 16.7 Å². The summed E-state index contributed by atoms with van der Waals surface area (Å²) in [6.45, 7) is 1.45. The Bertz CT molecular complexity index is 623. The van der Waals surface area contributed by atoms with E-state index in [1.165, 1.54) is 5.56 Å². The largest absolute Gasteiger partial charge is 0.352 e. The van der Waals surface area contributed by atoms with Crippen molar-refractivity contribution in [2.24, 2.45) is 0 Å². The molecule has 3 nitrogen and oxygen atoms in total. The van der Waals surface area contributed by atoms with Crippen molar-refractivity contribution >= 4 is 17.5 Å². The van der Waals surface area contributed by atoms with Crippen molar-refractivity contribution in [3.05, 3.63) is 70.2 Å². The molecule has 0 saturated carbocycles. The van der Waals surface area contributed by atoms with Crippen molar-refractivity contribution < 1.29 is 4.79 Å². The van der Waals surface area contributed by atoms with E-state index in [0.717, 1.165) is 17.7 Å². The van der Waals surface area contributed by atoms with E-state index in [4.69, 9.17) is 11.6 Å². The van der Waals surface area contributed by atoms with Gasteiger partial charge < -0.3 is 10.2 Å². The minimum absolute atomic E-state index is 0.0227. The van der Waals surface area contributed by atoms with Gasteiger partial charge >= 0.3 is 0 Å². The summed E-state index contributed by atoms with van der Waals surface area (Å²) >= 11 is 6.06. The van der Waals surface area contributed by atoms with Crippen molar-refractivity contribution in [1.82, 2.24) is 10.2 Å². The molecule has 0 aliphatic carbocycles. The van der Waals surface area contributed by atoms with Crippen LogP contribution in [0, 0.1) is 0 Å². The Hall–Kier alpha value is -1.84. The van der Waals surface area contributed by atoms with Gasteiger partial charge in [-0.1, -0.05) is 54.1 Å². The summed E-state index contributed by atoms with van der Waals surface area (Å²) in [5.41, 5.74) is 3.20. The predicted octanol–water partition coefficient (Wildman–Crippen LogP) is 3.26. The Morgan fingerprint density at radius 1 is 1.05 bits per heavy atom. The van der Waals surface area contributed by atoms with Gasteiger partial charge in [0.1, 0.15) is 0 Å². The number of nitrogens with zero attached hydrogens (tertiary/aromatic N) is 1. The topological polar surface area (TPSA) is 32.3 Å². The van der Waals surface area contributed by atoms with Crippen LogP contribution in [-0.2, 0) is 24.3 Å². The predicted molar refractivity (Wildman–Crippen MR) is 90.8 cm³/mol. The second-order valence-corrected chi connectivity index (χ2v) is 6.01. The number of halogens is 1. The Labute approximate surface area is 136 Å². The zero-order valence-electron chi connectivity index (χ0n) is 13.0. The maximum atomic E-state index is 12.0. The van der Waals surface area contributed by atoms with Crippen LogP contribution in [0.25, 0.3) is 0 Å². The molecular formula is C18H21ClN2O. The van der Waals surface area contributed by atoms with Crippen molar-refractivity contribution in [3.63, 3.8) is 0 Å². The van der Waals surface area contributed by atoms with Gasteiger partial charge in [-0.05, 0) is 36.9 Å². The highest BCUT2D eigenvalue weighted by atomic mass is 35.5.